The van der Waals surface area contributed by atoms with Crippen molar-refractivity contribution in [2.45, 2.75) is 6.92 Å². The summed E-state index contributed by atoms with van der Waals surface area (Å²) in [6, 6.07) is 7.28. The number of nitrogens with one attached hydrogen (secondary N) is 1. The van der Waals surface area contributed by atoms with Gasteiger partial charge < -0.3 is 5.32 Å². The van der Waals surface area contributed by atoms with E-state index in [4.69, 9.17) is 11.6 Å². The maximum atomic E-state index is 12.1. The molecule has 6 heteroatoms. The zero-order valence-electron chi connectivity index (χ0n) is 9.26. The number of halogens is 3. The average Bonchev–Trinajstić information content (AvgIpc) is 2.62. The van der Waals surface area contributed by atoms with Crippen LogP contribution < -0.4 is 5.32 Å². The van der Waals surface area contributed by atoms with Gasteiger partial charge in [0.15, 0.2) is 0 Å². The number of anilines is 1. The van der Waals surface area contributed by atoms with E-state index in [9.17, 15) is 4.79 Å². The number of hydrogen-bond acceptors (Lipinski definition) is 2. The number of benzene rings is 1. The van der Waals surface area contributed by atoms with Crippen molar-refractivity contribution in [3.05, 3.63) is 48.0 Å². The number of amides is 1. The molecule has 1 N–H and O–H groups in total. The molecular weight excluding hydrogens is 401 g/mol. The number of rotatable bonds is 2. The highest BCUT2D eigenvalue weighted by atomic mass is 79.9. The van der Waals surface area contributed by atoms with Crippen molar-refractivity contribution in [3.8, 4) is 0 Å². The third-order valence-corrected chi connectivity index (χ3v) is 4.93. The Bertz CT molecular complexity index is 612. The molecule has 0 unspecified atom stereocenters. The van der Waals surface area contributed by atoms with Crippen LogP contribution in [-0.2, 0) is 0 Å². The number of hydrogen-bond donors (Lipinski definition) is 1. The summed E-state index contributed by atoms with van der Waals surface area (Å²) in [6.07, 6.45) is 0. The fraction of sp³-hybridized carbons (Fsp3) is 0.0833. The van der Waals surface area contributed by atoms with E-state index in [0.717, 1.165) is 13.1 Å². The van der Waals surface area contributed by atoms with Crippen LogP contribution in [0.3, 0.4) is 0 Å². The third kappa shape index (κ3) is 3.15. The first kappa shape index (κ1) is 14.1. The van der Waals surface area contributed by atoms with Gasteiger partial charge in [0, 0.05) is 0 Å². The first-order valence-electron chi connectivity index (χ1n) is 4.99. The average molecular weight is 410 g/mol. The summed E-state index contributed by atoms with van der Waals surface area (Å²) in [4.78, 5) is 12.1. The Balaban J connectivity index is 2.24. The van der Waals surface area contributed by atoms with Crippen LogP contribution in [0.4, 0.5) is 5.69 Å². The zero-order chi connectivity index (χ0) is 13.3. The Morgan fingerprint density at radius 1 is 1.33 bits per heavy atom. The van der Waals surface area contributed by atoms with E-state index in [1.54, 1.807) is 12.1 Å². The molecule has 1 aromatic carbocycles. The zero-order valence-corrected chi connectivity index (χ0v) is 14.0. The second kappa shape index (κ2) is 5.74. The molecule has 2 nitrogen and oxygen atoms in total. The predicted molar refractivity (Wildman–Crippen MR) is 83.9 cm³/mol. The largest absolute Gasteiger partial charge is 0.321 e. The van der Waals surface area contributed by atoms with Crippen LogP contribution in [-0.4, -0.2) is 5.91 Å². The van der Waals surface area contributed by atoms with Crippen molar-refractivity contribution in [1.82, 2.24) is 0 Å². The van der Waals surface area contributed by atoms with Gasteiger partial charge in [-0.1, -0.05) is 17.7 Å². The molecule has 18 heavy (non-hydrogen) atoms. The van der Waals surface area contributed by atoms with Gasteiger partial charge >= 0.3 is 0 Å². The molecule has 2 rings (SSSR count). The first-order chi connectivity index (χ1) is 8.47. The summed E-state index contributed by atoms with van der Waals surface area (Å²) >= 11 is 14.2. The minimum absolute atomic E-state index is 0.186. The van der Waals surface area contributed by atoms with Gasteiger partial charge in [-0.3, -0.25) is 4.79 Å². The number of thiophene rings is 1. The normalized spacial score (nSPS) is 10.4. The minimum Gasteiger partial charge on any atom is -0.321 e. The van der Waals surface area contributed by atoms with Crippen molar-refractivity contribution in [1.29, 1.82) is 0 Å². The van der Waals surface area contributed by atoms with Gasteiger partial charge in [0.05, 0.1) is 23.8 Å². The second-order valence-corrected chi connectivity index (χ2v) is 7.83. The molecule has 1 heterocycles. The predicted octanol–water partition coefficient (Wildman–Crippen LogP) is 5.49. The van der Waals surface area contributed by atoms with E-state index >= 15 is 0 Å². The van der Waals surface area contributed by atoms with Crippen molar-refractivity contribution < 1.29 is 4.79 Å². The topological polar surface area (TPSA) is 29.1 Å². The van der Waals surface area contributed by atoms with Gasteiger partial charge in [-0.2, -0.15) is 0 Å². The summed E-state index contributed by atoms with van der Waals surface area (Å²) in [7, 11) is 0. The molecule has 0 radical (unpaired) electrons. The highest BCUT2D eigenvalue weighted by molar-refractivity contribution is 9.12. The lowest BCUT2D eigenvalue weighted by Gasteiger charge is -2.07. The van der Waals surface area contributed by atoms with Crippen LogP contribution in [0, 0.1) is 6.92 Å². The fourth-order valence-electron chi connectivity index (χ4n) is 1.41. The lowest BCUT2D eigenvalue weighted by Crippen LogP contribution is -2.11. The van der Waals surface area contributed by atoms with Crippen LogP contribution in [0.5, 0.6) is 0 Å². The van der Waals surface area contributed by atoms with Gasteiger partial charge in [0.25, 0.3) is 5.91 Å². The summed E-state index contributed by atoms with van der Waals surface area (Å²) in [5.41, 5.74) is 2.25. The molecule has 1 amide bonds. The second-order valence-electron chi connectivity index (χ2n) is 3.68. The Morgan fingerprint density at radius 2 is 2.06 bits per heavy atom. The Hall–Kier alpha value is -0.360. The molecule has 0 aliphatic heterocycles. The SMILES string of the molecule is Cc1ccc(NC(=O)c2cc(Br)sc2Br)c(Cl)c1. The molecule has 94 valence electrons. The summed E-state index contributed by atoms with van der Waals surface area (Å²) in [6.45, 7) is 1.95. The standard InChI is InChI=1S/C12H8Br2ClNOS/c1-6-2-3-9(8(15)4-6)16-12(17)7-5-10(13)18-11(7)14/h2-5H,1H3,(H,16,17). The molecule has 0 saturated carbocycles. The molecule has 0 spiro atoms. The van der Waals surface area contributed by atoms with E-state index in [1.807, 2.05) is 19.1 Å². The van der Waals surface area contributed by atoms with E-state index in [1.165, 1.54) is 11.3 Å². The fourth-order valence-corrected chi connectivity index (χ4v) is 4.48. The maximum absolute atomic E-state index is 12.1. The summed E-state index contributed by atoms with van der Waals surface area (Å²) in [5, 5.41) is 3.33. The van der Waals surface area contributed by atoms with Gasteiger partial charge in [0.1, 0.15) is 0 Å². The van der Waals surface area contributed by atoms with Crippen LogP contribution in [0.25, 0.3) is 0 Å². The molecule has 2 aromatic rings. The minimum atomic E-state index is -0.186. The third-order valence-electron chi connectivity index (χ3n) is 2.27. The lowest BCUT2D eigenvalue weighted by atomic mass is 10.2. The molecule has 0 fully saturated rings. The molecule has 0 atom stereocenters. The number of aryl methyl sites for hydroxylation is 1. The molecule has 1 aromatic heterocycles. The van der Waals surface area contributed by atoms with Crippen molar-refractivity contribution >= 4 is 66.4 Å². The van der Waals surface area contributed by atoms with Gasteiger partial charge in [-0.25, -0.2) is 0 Å². The lowest BCUT2D eigenvalue weighted by molar-refractivity contribution is 0.102. The highest BCUT2D eigenvalue weighted by Gasteiger charge is 2.14. The smallest absolute Gasteiger partial charge is 0.257 e. The Morgan fingerprint density at radius 3 is 2.61 bits per heavy atom. The van der Waals surface area contributed by atoms with Crippen molar-refractivity contribution in [2.75, 3.05) is 5.32 Å². The quantitative estimate of drug-likeness (QED) is 0.698. The first-order valence-corrected chi connectivity index (χ1v) is 7.78. The molecular formula is C12H8Br2ClNOS. The van der Waals surface area contributed by atoms with E-state index in [-0.39, 0.29) is 5.91 Å². The van der Waals surface area contributed by atoms with Gasteiger partial charge in [0.2, 0.25) is 0 Å². The van der Waals surface area contributed by atoms with Crippen molar-refractivity contribution in [3.63, 3.8) is 0 Å². The van der Waals surface area contributed by atoms with E-state index < -0.39 is 0 Å². The number of carbonyl (C=O) groups is 1. The van der Waals surface area contributed by atoms with E-state index in [0.29, 0.717) is 16.3 Å². The summed E-state index contributed by atoms with van der Waals surface area (Å²) < 4.78 is 1.68. The highest BCUT2D eigenvalue weighted by Crippen LogP contribution is 2.33. The molecule has 0 bridgehead atoms. The Kier molecular flexibility index (Phi) is 4.48. The van der Waals surface area contributed by atoms with Crippen molar-refractivity contribution in [2.24, 2.45) is 0 Å². The van der Waals surface area contributed by atoms with Crippen LogP contribution in [0.1, 0.15) is 15.9 Å². The van der Waals surface area contributed by atoms with E-state index in [2.05, 4.69) is 37.2 Å². The van der Waals surface area contributed by atoms with Gasteiger partial charge in [-0.05, 0) is 62.5 Å². The number of carbonyl (C=O) groups excluding carboxylic acids is 1. The van der Waals surface area contributed by atoms with Crippen LogP contribution >= 0.6 is 54.8 Å². The summed E-state index contributed by atoms with van der Waals surface area (Å²) in [5.74, 6) is -0.186. The Labute approximate surface area is 131 Å². The maximum Gasteiger partial charge on any atom is 0.257 e. The molecule has 0 aliphatic carbocycles. The van der Waals surface area contributed by atoms with Crippen LogP contribution in [0.2, 0.25) is 5.02 Å². The van der Waals surface area contributed by atoms with Gasteiger partial charge in [-0.15, -0.1) is 11.3 Å². The molecule has 0 saturated heterocycles. The molecule has 0 aliphatic rings. The monoisotopic (exact) mass is 407 g/mol. The van der Waals surface area contributed by atoms with Crippen LogP contribution in [0.15, 0.2) is 31.8 Å².